The van der Waals surface area contributed by atoms with Gasteiger partial charge in [0.1, 0.15) is 5.82 Å². The highest BCUT2D eigenvalue weighted by Crippen LogP contribution is 2.20. The van der Waals surface area contributed by atoms with Crippen LogP contribution in [0.2, 0.25) is 5.02 Å². The van der Waals surface area contributed by atoms with E-state index in [-0.39, 0.29) is 11.5 Å². The molecule has 0 aliphatic carbocycles. The molecule has 3 aromatic rings. The largest absolute Gasteiger partial charge is 0.481 e. The molecule has 0 saturated carbocycles. The standard InChI is InChI=1S/C20H19ClN4O3/c1-12-23-16(10-18(26)24-12)9-17(13-3-6-15(21)7-4-13)25-20(27)14-5-8-19(28-2)22-11-14/h3-8,10-11,17H,9H2,1-2H3,(H,25,27)(H,23,24,26)/t17-/m1/s1. The SMILES string of the molecule is COc1ccc(C(=O)N[C@H](Cc2cc(=O)[nH]c(C)n2)c2ccc(Cl)cc2)cn1. The number of pyridine rings is 1. The summed E-state index contributed by atoms with van der Waals surface area (Å²) in [4.78, 5) is 35.5. The fraction of sp³-hybridized carbons (Fsp3) is 0.200. The van der Waals surface area contributed by atoms with E-state index < -0.39 is 6.04 Å². The van der Waals surface area contributed by atoms with Gasteiger partial charge in [0.05, 0.1) is 24.4 Å². The number of nitrogens with zero attached hydrogens (tertiary/aromatic N) is 2. The Labute approximate surface area is 166 Å². The molecule has 28 heavy (non-hydrogen) atoms. The normalized spacial score (nSPS) is 11.7. The van der Waals surface area contributed by atoms with E-state index >= 15 is 0 Å². The Morgan fingerprint density at radius 1 is 1.25 bits per heavy atom. The monoisotopic (exact) mass is 398 g/mol. The third-order valence-electron chi connectivity index (χ3n) is 4.11. The van der Waals surface area contributed by atoms with Crippen LogP contribution >= 0.6 is 11.6 Å². The third-order valence-corrected chi connectivity index (χ3v) is 4.36. The zero-order valence-electron chi connectivity index (χ0n) is 15.4. The average Bonchev–Trinajstić information content (AvgIpc) is 2.67. The van der Waals surface area contributed by atoms with Crippen molar-refractivity contribution in [1.82, 2.24) is 20.3 Å². The van der Waals surface area contributed by atoms with Crippen molar-refractivity contribution in [2.24, 2.45) is 0 Å². The molecule has 2 N–H and O–H groups in total. The number of amides is 1. The van der Waals surface area contributed by atoms with Crippen LogP contribution in [0.4, 0.5) is 0 Å². The van der Waals surface area contributed by atoms with E-state index in [1.165, 1.54) is 19.4 Å². The molecule has 0 unspecified atom stereocenters. The average molecular weight is 399 g/mol. The summed E-state index contributed by atoms with van der Waals surface area (Å²) in [7, 11) is 1.51. The van der Waals surface area contributed by atoms with Crippen LogP contribution in [0.25, 0.3) is 0 Å². The second-order valence-electron chi connectivity index (χ2n) is 6.19. The quantitative estimate of drug-likeness (QED) is 0.665. The molecule has 8 heteroatoms. The molecule has 2 heterocycles. The number of hydrogen-bond acceptors (Lipinski definition) is 5. The summed E-state index contributed by atoms with van der Waals surface area (Å²) in [5.41, 5.74) is 1.59. The van der Waals surface area contributed by atoms with E-state index in [0.29, 0.717) is 34.4 Å². The number of aromatic amines is 1. The summed E-state index contributed by atoms with van der Waals surface area (Å²) in [6.45, 7) is 1.71. The van der Waals surface area contributed by atoms with Crippen molar-refractivity contribution < 1.29 is 9.53 Å². The predicted molar refractivity (Wildman–Crippen MR) is 106 cm³/mol. The van der Waals surface area contributed by atoms with Gasteiger partial charge in [0.15, 0.2) is 0 Å². The second-order valence-corrected chi connectivity index (χ2v) is 6.63. The van der Waals surface area contributed by atoms with Gasteiger partial charge in [0.2, 0.25) is 5.88 Å². The van der Waals surface area contributed by atoms with Gasteiger partial charge >= 0.3 is 0 Å². The summed E-state index contributed by atoms with van der Waals surface area (Å²) in [5.74, 6) is 0.647. The van der Waals surface area contributed by atoms with Crippen LogP contribution in [-0.2, 0) is 6.42 Å². The van der Waals surface area contributed by atoms with E-state index in [0.717, 1.165) is 5.56 Å². The zero-order valence-corrected chi connectivity index (χ0v) is 16.2. The van der Waals surface area contributed by atoms with Gasteiger partial charge in [-0.3, -0.25) is 9.59 Å². The molecule has 0 saturated heterocycles. The lowest BCUT2D eigenvalue weighted by atomic mass is 10.0. The number of carbonyl (C=O) groups excluding carboxylic acids is 1. The van der Waals surface area contributed by atoms with Gasteiger partial charge in [-0.1, -0.05) is 23.7 Å². The van der Waals surface area contributed by atoms with Crippen LogP contribution in [-0.4, -0.2) is 28.0 Å². The molecule has 3 rings (SSSR count). The van der Waals surface area contributed by atoms with E-state index in [9.17, 15) is 9.59 Å². The van der Waals surface area contributed by atoms with Crippen molar-refractivity contribution in [1.29, 1.82) is 0 Å². The van der Waals surface area contributed by atoms with Gasteiger partial charge in [-0.25, -0.2) is 9.97 Å². The van der Waals surface area contributed by atoms with E-state index in [1.807, 2.05) is 12.1 Å². The summed E-state index contributed by atoms with van der Waals surface area (Å²) >= 11 is 5.98. The van der Waals surface area contributed by atoms with Crippen LogP contribution in [0, 0.1) is 6.92 Å². The smallest absolute Gasteiger partial charge is 0.253 e. The van der Waals surface area contributed by atoms with Crippen LogP contribution in [0.1, 0.15) is 33.5 Å². The molecule has 0 spiro atoms. The van der Waals surface area contributed by atoms with Gasteiger partial charge in [-0.05, 0) is 30.7 Å². The van der Waals surface area contributed by atoms with E-state index in [4.69, 9.17) is 16.3 Å². The Balaban J connectivity index is 1.87. The highest BCUT2D eigenvalue weighted by molar-refractivity contribution is 6.30. The first-order valence-electron chi connectivity index (χ1n) is 8.58. The van der Waals surface area contributed by atoms with Gasteiger partial charge in [0.25, 0.3) is 11.5 Å². The van der Waals surface area contributed by atoms with Crippen LogP contribution in [0.5, 0.6) is 5.88 Å². The van der Waals surface area contributed by atoms with Crippen LogP contribution < -0.4 is 15.6 Å². The molecular weight excluding hydrogens is 380 g/mol. The fourth-order valence-electron chi connectivity index (χ4n) is 2.78. The second kappa shape index (κ2) is 8.67. The maximum Gasteiger partial charge on any atom is 0.253 e. The highest BCUT2D eigenvalue weighted by Gasteiger charge is 2.18. The summed E-state index contributed by atoms with van der Waals surface area (Å²) in [6, 6.07) is 11.4. The van der Waals surface area contributed by atoms with Crippen LogP contribution in [0.15, 0.2) is 53.5 Å². The van der Waals surface area contributed by atoms with E-state index in [1.54, 1.807) is 31.2 Å². The molecule has 1 aromatic carbocycles. The number of nitrogens with one attached hydrogen (secondary N) is 2. The molecule has 144 valence electrons. The molecule has 1 atom stereocenters. The van der Waals surface area contributed by atoms with Crippen molar-refractivity contribution in [2.75, 3.05) is 7.11 Å². The lowest BCUT2D eigenvalue weighted by molar-refractivity contribution is 0.0936. The van der Waals surface area contributed by atoms with Crippen molar-refractivity contribution >= 4 is 17.5 Å². The molecular formula is C20H19ClN4O3. The Morgan fingerprint density at radius 2 is 2.00 bits per heavy atom. The maximum atomic E-state index is 12.7. The Hall–Kier alpha value is -3.19. The summed E-state index contributed by atoms with van der Waals surface area (Å²) < 4.78 is 5.02. The number of rotatable bonds is 6. The highest BCUT2D eigenvalue weighted by atomic mass is 35.5. The lowest BCUT2D eigenvalue weighted by Crippen LogP contribution is -2.30. The number of benzene rings is 1. The maximum absolute atomic E-state index is 12.7. The number of H-pyrrole nitrogens is 1. The van der Waals surface area contributed by atoms with Gasteiger partial charge in [-0.15, -0.1) is 0 Å². The zero-order chi connectivity index (χ0) is 20.1. The first-order valence-corrected chi connectivity index (χ1v) is 8.95. The first-order chi connectivity index (χ1) is 13.4. The molecule has 0 fully saturated rings. The molecule has 1 amide bonds. The van der Waals surface area contributed by atoms with Crippen molar-refractivity contribution in [3.63, 3.8) is 0 Å². The third kappa shape index (κ3) is 4.95. The predicted octanol–water partition coefficient (Wildman–Crippen LogP) is 2.85. The van der Waals surface area contributed by atoms with Gasteiger partial charge < -0.3 is 15.0 Å². The number of aromatic nitrogens is 3. The minimum atomic E-state index is -0.402. The van der Waals surface area contributed by atoms with Crippen molar-refractivity contribution in [3.8, 4) is 5.88 Å². The minimum Gasteiger partial charge on any atom is -0.481 e. The van der Waals surface area contributed by atoms with Gasteiger partial charge in [0, 0.05) is 29.8 Å². The Bertz CT molecular complexity index is 1020. The lowest BCUT2D eigenvalue weighted by Gasteiger charge is -2.19. The number of carbonyl (C=O) groups is 1. The number of methoxy groups -OCH3 is 1. The number of halogens is 1. The number of ether oxygens (including phenoxy) is 1. The summed E-state index contributed by atoms with van der Waals surface area (Å²) in [5, 5.41) is 3.57. The van der Waals surface area contributed by atoms with Crippen LogP contribution in [0.3, 0.4) is 0 Å². The van der Waals surface area contributed by atoms with E-state index in [2.05, 4.69) is 20.3 Å². The van der Waals surface area contributed by atoms with Crippen molar-refractivity contribution in [3.05, 3.63) is 86.7 Å². The first kappa shape index (κ1) is 19.6. The Morgan fingerprint density at radius 3 is 2.61 bits per heavy atom. The molecule has 2 aromatic heterocycles. The minimum absolute atomic E-state index is 0.233. The topological polar surface area (TPSA) is 97.0 Å². The summed E-state index contributed by atoms with van der Waals surface area (Å²) in [6.07, 6.45) is 1.80. The van der Waals surface area contributed by atoms with Crippen molar-refractivity contribution in [2.45, 2.75) is 19.4 Å². The number of hydrogen-bond donors (Lipinski definition) is 2. The number of aryl methyl sites for hydroxylation is 1. The van der Waals surface area contributed by atoms with Gasteiger partial charge in [-0.2, -0.15) is 0 Å². The fourth-order valence-corrected chi connectivity index (χ4v) is 2.91. The molecule has 7 nitrogen and oxygen atoms in total. The molecule has 0 aliphatic rings. The molecule has 0 aliphatic heterocycles. The molecule has 0 bridgehead atoms. The molecule has 0 radical (unpaired) electrons. The Kier molecular flexibility index (Phi) is 6.06.